The van der Waals surface area contributed by atoms with Crippen LogP contribution < -0.4 is 11.3 Å². The van der Waals surface area contributed by atoms with Gasteiger partial charge in [-0.25, -0.2) is 0 Å². The van der Waals surface area contributed by atoms with Gasteiger partial charge in [-0.1, -0.05) is 45.4 Å². The molecule has 0 aromatic heterocycles. The van der Waals surface area contributed by atoms with Crippen LogP contribution in [0.3, 0.4) is 0 Å². The van der Waals surface area contributed by atoms with Gasteiger partial charge in [0.05, 0.1) is 5.60 Å². The van der Waals surface area contributed by atoms with Gasteiger partial charge in [0.1, 0.15) is 0 Å². The molecule has 0 radical (unpaired) electrons. The topological polar surface area (TPSA) is 47.3 Å². The van der Waals surface area contributed by atoms with Crippen LogP contribution in [0.5, 0.6) is 0 Å². The summed E-state index contributed by atoms with van der Waals surface area (Å²) in [5.41, 5.74) is 3.31. The normalized spacial score (nSPS) is 28.4. The van der Waals surface area contributed by atoms with E-state index >= 15 is 0 Å². The van der Waals surface area contributed by atoms with Crippen LogP contribution in [0, 0.1) is 5.92 Å². The molecular formula is C16H32N2O. The van der Waals surface area contributed by atoms with E-state index in [1.54, 1.807) is 0 Å². The van der Waals surface area contributed by atoms with Crippen molar-refractivity contribution in [2.24, 2.45) is 11.8 Å². The van der Waals surface area contributed by atoms with Gasteiger partial charge in [-0.2, -0.15) is 0 Å². The third kappa shape index (κ3) is 4.17. The molecule has 3 heteroatoms. The van der Waals surface area contributed by atoms with Crippen molar-refractivity contribution in [1.82, 2.24) is 5.43 Å². The van der Waals surface area contributed by atoms with Crippen molar-refractivity contribution in [2.45, 2.75) is 89.2 Å². The minimum atomic E-state index is 0.209. The molecule has 1 aliphatic heterocycles. The number of nitrogens with two attached hydrogens (primary N) is 1. The zero-order chi connectivity index (χ0) is 13.6. The molecule has 0 aromatic rings. The highest BCUT2D eigenvalue weighted by Gasteiger charge is 2.40. The molecule has 2 unspecified atom stereocenters. The Morgan fingerprint density at radius 2 is 2.05 bits per heavy atom. The fourth-order valence-electron chi connectivity index (χ4n) is 4.02. The van der Waals surface area contributed by atoms with E-state index in [0.29, 0.717) is 12.0 Å². The fraction of sp³-hybridized carbons (Fsp3) is 1.00. The SMILES string of the molecule is CCCCCC(NN)C1CCOC2(CCCCC2)C1. The van der Waals surface area contributed by atoms with Crippen molar-refractivity contribution in [1.29, 1.82) is 0 Å². The van der Waals surface area contributed by atoms with Crippen LogP contribution in [0.2, 0.25) is 0 Å². The first-order valence-corrected chi connectivity index (χ1v) is 8.40. The fourth-order valence-corrected chi connectivity index (χ4v) is 4.02. The first-order chi connectivity index (χ1) is 9.29. The Hall–Kier alpha value is -0.120. The second-order valence-electron chi connectivity index (χ2n) is 6.61. The van der Waals surface area contributed by atoms with Gasteiger partial charge in [-0.3, -0.25) is 11.3 Å². The molecule has 2 atom stereocenters. The smallest absolute Gasteiger partial charge is 0.0685 e. The van der Waals surface area contributed by atoms with E-state index in [2.05, 4.69) is 12.3 Å². The molecular weight excluding hydrogens is 236 g/mol. The number of ether oxygens (including phenoxy) is 1. The van der Waals surface area contributed by atoms with E-state index in [4.69, 9.17) is 10.6 Å². The van der Waals surface area contributed by atoms with Crippen LogP contribution in [-0.4, -0.2) is 18.2 Å². The molecule has 3 N–H and O–H groups in total. The number of unbranched alkanes of at least 4 members (excludes halogenated alkanes) is 2. The number of nitrogens with one attached hydrogen (secondary N) is 1. The van der Waals surface area contributed by atoms with Crippen LogP contribution in [0.25, 0.3) is 0 Å². The monoisotopic (exact) mass is 268 g/mol. The van der Waals surface area contributed by atoms with Gasteiger partial charge < -0.3 is 4.74 Å². The summed E-state index contributed by atoms with van der Waals surface area (Å²) < 4.78 is 6.19. The zero-order valence-corrected chi connectivity index (χ0v) is 12.6. The largest absolute Gasteiger partial charge is 0.375 e. The number of hydrogen-bond acceptors (Lipinski definition) is 3. The molecule has 0 bridgehead atoms. The quantitative estimate of drug-likeness (QED) is 0.440. The Bertz CT molecular complexity index is 246. The average molecular weight is 268 g/mol. The molecule has 3 nitrogen and oxygen atoms in total. The van der Waals surface area contributed by atoms with E-state index in [9.17, 15) is 0 Å². The second-order valence-corrected chi connectivity index (χ2v) is 6.61. The van der Waals surface area contributed by atoms with Crippen molar-refractivity contribution < 1.29 is 4.74 Å². The molecule has 2 fully saturated rings. The van der Waals surface area contributed by atoms with Crippen LogP contribution >= 0.6 is 0 Å². The molecule has 1 heterocycles. The molecule has 1 spiro atoms. The lowest BCUT2D eigenvalue weighted by atomic mass is 9.73. The minimum Gasteiger partial charge on any atom is -0.375 e. The molecule has 2 rings (SSSR count). The minimum absolute atomic E-state index is 0.209. The third-order valence-corrected chi connectivity index (χ3v) is 5.20. The highest BCUT2D eigenvalue weighted by Crippen LogP contribution is 2.41. The lowest BCUT2D eigenvalue weighted by Gasteiger charge is -2.45. The van der Waals surface area contributed by atoms with Crippen molar-refractivity contribution >= 4 is 0 Å². The predicted molar refractivity (Wildman–Crippen MR) is 79.7 cm³/mol. The van der Waals surface area contributed by atoms with Crippen molar-refractivity contribution in [3.8, 4) is 0 Å². The Morgan fingerprint density at radius 3 is 2.74 bits per heavy atom. The van der Waals surface area contributed by atoms with Gasteiger partial charge in [-0.05, 0) is 38.0 Å². The summed E-state index contributed by atoms with van der Waals surface area (Å²) in [7, 11) is 0. The van der Waals surface area contributed by atoms with Gasteiger partial charge in [0, 0.05) is 12.6 Å². The molecule has 1 aliphatic carbocycles. The Kier molecular flexibility index (Phi) is 6.11. The van der Waals surface area contributed by atoms with Crippen molar-refractivity contribution in [2.75, 3.05) is 6.61 Å². The first kappa shape index (κ1) is 15.3. The highest BCUT2D eigenvalue weighted by atomic mass is 16.5. The summed E-state index contributed by atoms with van der Waals surface area (Å²) in [6.45, 7) is 3.20. The zero-order valence-electron chi connectivity index (χ0n) is 12.6. The lowest BCUT2D eigenvalue weighted by Crippen LogP contribution is -2.49. The van der Waals surface area contributed by atoms with Crippen molar-refractivity contribution in [3.63, 3.8) is 0 Å². The van der Waals surface area contributed by atoms with Gasteiger partial charge in [0.15, 0.2) is 0 Å². The summed E-state index contributed by atoms with van der Waals surface area (Å²) >= 11 is 0. The summed E-state index contributed by atoms with van der Waals surface area (Å²) in [5, 5.41) is 0. The maximum Gasteiger partial charge on any atom is 0.0685 e. The molecule has 1 saturated carbocycles. The van der Waals surface area contributed by atoms with E-state index in [1.165, 1.54) is 70.6 Å². The standard InChI is InChI=1S/C16H32N2O/c1-2-3-5-8-15(18-17)14-9-12-19-16(13-14)10-6-4-7-11-16/h14-15,18H,2-13,17H2,1H3. The second kappa shape index (κ2) is 7.61. The molecule has 2 aliphatic rings. The lowest BCUT2D eigenvalue weighted by molar-refractivity contribution is -0.122. The molecule has 0 amide bonds. The Labute approximate surface area is 118 Å². The Balaban J connectivity index is 1.87. The number of hydrazine groups is 1. The molecule has 112 valence electrons. The summed E-state index contributed by atoms with van der Waals surface area (Å²) in [4.78, 5) is 0. The summed E-state index contributed by atoms with van der Waals surface area (Å²) in [6, 6.07) is 0.495. The van der Waals surface area contributed by atoms with Crippen LogP contribution in [0.4, 0.5) is 0 Å². The van der Waals surface area contributed by atoms with E-state index in [-0.39, 0.29) is 5.60 Å². The van der Waals surface area contributed by atoms with Crippen LogP contribution in [0.1, 0.15) is 77.6 Å². The van der Waals surface area contributed by atoms with Crippen LogP contribution in [0.15, 0.2) is 0 Å². The number of rotatable bonds is 6. The van der Waals surface area contributed by atoms with Gasteiger partial charge in [0.25, 0.3) is 0 Å². The predicted octanol–water partition coefficient (Wildman–Crippen LogP) is 3.53. The Morgan fingerprint density at radius 1 is 1.26 bits per heavy atom. The molecule has 1 saturated heterocycles. The van der Waals surface area contributed by atoms with E-state index < -0.39 is 0 Å². The third-order valence-electron chi connectivity index (χ3n) is 5.20. The maximum atomic E-state index is 6.19. The highest BCUT2D eigenvalue weighted by molar-refractivity contribution is 4.92. The van der Waals surface area contributed by atoms with Gasteiger partial charge in [0.2, 0.25) is 0 Å². The maximum absolute atomic E-state index is 6.19. The van der Waals surface area contributed by atoms with Crippen molar-refractivity contribution in [3.05, 3.63) is 0 Å². The first-order valence-electron chi connectivity index (χ1n) is 8.40. The van der Waals surface area contributed by atoms with Gasteiger partial charge >= 0.3 is 0 Å². The van der Waals surface area contributed by atoms with E-state index in [1.807, 2.05) is 0 Å². The summed E-state index contributed by atoms with van der Waals surface area (Å²) in [5.74, 6) is 6.53. The number of hydrogen-bond donors (Lipinski definition) is 2. The summed E-state index contributed by atoms with van der Waals surface area (Å²) in [6.07, 6.45) is 14.2. The van der Waals surface area contributed by atoms with Gasteiger partial charge in [-0.15, -0.1) is 0 Å². The average Bonchev–Trinajstić information content (AvgIpc) is 2.44. The van der Waals surface area contributed by atoms with Crippen LogP contribution in [-0.2, 0) is 4.74 Å². The molecule has 19 heavy (non-hydrogen) atoms. The molecule has 0 aromatic carbocycles. The van der Waals surface area contributed by atoms with E-state index in [0.717, 1.165) is 6.61 Å².